The van der Waals surface area contributed by atoms with Gasteiger partial charge in [-0.05, 0) is 57.5 Å². The Bertz CT molecular complexity index is 592. The van der Waals surface area contributed by atoms with Crippen molar-refractivity contribution in [2.24, 2.45) is 0 Å². The molecule has 0 radical (unpaired) electrons. The van der Waals surface area contributed by atoms with Gasteiger partial charge in [-0.15, -0.1) is 0 Å². The van der Waals surface area contributed by atoms with Crippen LogP contribution in [0.3, 0.4) is 0 Å². The van der Waals surface area contributed by atoms with E-state index in [0.717, 1.165) is 38.2 Å². The summed E-state index contributed by atoms with van der Waals surface area (Å²) in [5, 5.41) is 10.3. The van der Waals surface area contributed by atoms with Crippen LogP contribution >= 0.6 is 0 Å². The fourth-order valence-corrected chi connectivity index (χ4v) is 3.96. The van der Waals surface area contributed by atoms with Crippen LogP contribution in [0, 0.1) is 5.82 Å². The van der Waals surface area contributed by atoms with E-state index in [4.69, 9.17) is 0 Å². The topological polar surface area (TPSA) is 47.0 Å². The van der Waals surface area contributed by atoms with Gasteiger partial charge in [0.25, 0.3) is 0 Å². The van der Waals surface area contributed by atoms with E-state index in [0.29, 0.717) is 19.6 Å². The maximum absolute atomic E-state index is 13.0. The van der Waals surface area contributed by atoms with Gasteiger partial charge in [0.1, 0.15) is 5.82 Å². The van der Waals surface area contributed by atoms with Crippen molar-refractivity contribution < 1.29 is 14.3 Å². The van der Waals surface area contributed by atoms with Crippen molar-refractivity contribution in [3.05, 3.63) is 30.1 Å². The summed E-state index contributed by atoms with van der Waals surface area (Å²) in [6.45, 7) is 7.76. The van der Waals surface area contributed by atoms with Crippen LogP contribution in [0.25, 0.3) is 0 Å². The molecule has 1 unspecified atom stereocenters. The Morgan fingerprint density at radius 2 is 1.80 bits per heavy atom. The number of carbonyl (C=O) groups excluding carboxylic acids is 1. The number of anilines is 1. The fraction of sp³-hybridized carbons (Fsp3) is 0.632. The number of rotatable bonds is 4. The summed E-state index contributed by atoms with van der Waals surface area (Å²) in [6.07, 6.45) is 1.97. The van der Waals surface area contributed by atoms with Gasteiger partial charge in [-0.3, -0.25) is 9.69 Å². The van der Waals surface area contributed by atoms with Gasteiger partial charge < -0.3 is 14.9 Å². The molecule has 6 heteroatoms. The minimum Gasteiger partial charge on any atom is -0.389 e. The third kappa shape index (κ3) is 4.30. The van der Waals surface area contributed by atoms with Crippen molar-refractivity contribution in [3.8, 4) is 0 Å². The second-order valence-corrected chi connectivity index (χ2v) is 7.63. The van der Waals surface area contributed by atoms with Gasteiger partial charge in [0.05, 0.1) is 12.1 Å². The smallest absolute Gasteiger partial charge is 0.236 e. The number of benzene rings is 1. The summed E-state index contributed by atoms with van der Waals surface area (Å²) >= 11 is 0. The number of amides is 1. The second kappa shape index (κ2) is 7.30. The van der Waals surface area contributed by atoms with Crippen molar-refractivity contribution >= 4 is 11.6 Å². The average molecular weight is 349 g/mol. The van der Waals surface area contributed by atoms with E-state index in [1.165, 1.54) is 12.1 Å². The summed E-state index contributed by atoms with van der Waals surface area (Å²) in [4.78, 5) is 18.9. The van der Waals surface area contributed by atoms with Gasteiger partial charge >= 0.3 is 0 Å². The van der Waals surface area contributed by atoms with Gasteiger partial charge in [0.15, 0.2) is 0 Å². The van der Waals surface area contributed by atoms with Gasteiger partial charge in [0.2, 0.25) is 5.91 Å². The molecule has 2 saturated heterocycles. The normalized spacial score (nSPS) is 22.5. The summed E-state index contributed by atoms with van der Waals surface area (Å²) in [6, 6.07) is 6.56. The summed E-state index contributed by atoms with van der Waals surface area (Å²) in [7, 11) is 0. The number of piperazine rings is 1. The van der Waals surface area contributed by atoms with E-state index in [-0.39, 0.29) is 17.8 Å². The Morgan fingerprint density at radius 3 is 2.40 bits per heavy atom. The van der Waals surface area contributed by atoms with E-state index < -0.39 is 5.60 Å². The minimum absolute atomic E-state index is 0.0527. The zero-order valence-electron chi connectivity index (χ0n) is 15.1. The summed E-state index contributed by atoms with van der Waals surface area (Å²) < 4.78 is 13.0. The number of carbonyl (C=O) groups is 1. The first-order valence-corrected chi connectivity index (χ1v) is 9.09. The number of hydrogen-bond donors (Lipinski definition) is 1. The van der Waals surface area contributed by atoms with E-state index in [1.54, 1.807) is 12.1 Å². The lowest BCUT2D eigenvalue weighted by atomic mass is 9.97. The molecule has 2 heterocycles. The van der Waals surface area contributed by atoms with Gasteiger partial charge in [-0.1, -0.05) is 0 Å². The number of hydrogen-bond acceptors (Lipinski definition) is 4. The Hall–Kier alpha value is -1.66. The first-order chi connectivity index (χ1) is 11.8. The largest absolute Gasteiger partial charge is 0.389 e. The standard InChI is InChI=1S/C19H28FN3O2/c1-19(2,25)17-4-3-9-23(17)14-18(24)22-12-10-21(11-13-22)16-7-5-15(20)6-8-16/h5-8,17,25H,3-4,9-14H2,1-2H3. The molecule has 1 aromatic rings. The van der Waals surface area contributed by atoms with Crippen molar-refractivity contribution in [2.75, 3.05) is 44.2 Å². The molecule has 0 bridgehead atoms. The SMILES string of the molecule is CC(C)(O)C1CCCN1CC(=O)N1CCN(c2ccc(F)cc2)CC1. The third-order valence-corrected chi connectivity index (χ3v) is 5.34. The molecule has 138 valence electrons. The molecule has 1 N–H and O–H groups in total. The van der Waals surface area contributed by atoms with Crippen LogP contribution in [0.4, 0.5) is 10.1 Å². The first-order valence-electron chi connectivity index (χ1n) is 9.09. The van der Waals surface area contributed by atoms with Gasteiger partial charge in [0, 0.05) is 37.9 Å². The van der Waals surface area contributed by atoms with E-state index in [9.17, 15) is 14.3 Å². The maximum Gasteiger partial charge on any atom is 0.236 e. The van der Waals surface area contributed by atoms with Crippen molar-refractivity contribution in [1.82, 2.24) is 9.80 Å². The average Bonchev–Trinajstić information content (AvgIpc) is 3.04. The van der Waals surface area contributed by atoms with E-state index in [2.05, 4.69) is 9.80 Å². The van der Waals surface area contributed by atoms with Crippen LogP contribution in [0.5, 0.6) is 0 Å². The van der Waals surface area contributed by atoms with Crippen LogP contribution in [0.15, 0.2) is 24.3 Å². The van der Waals surface area contributed by atoms with Crippen molar-refractivity contribution in [1.29, 1.82) is 0 Å². The molecule has 0 aromatic heterocycles. The molecule has 0 aliphatic carbocycles. The predicted octanol–water partition coefficient (Wildman–Crippen LogP) is 1.71. The van der Waals surface area contributed by atoms with E-state index in [1.807, 2.05) is 18.7 Å². The fourth-order valence-electron chi connectivity index (χ4n) is 3.96. The molecule has 0 spiro atoms. The first kappa shape index (κ1) is 18.1. The summed E-state index contributed by atoms with van der Waals surface area (Å²) in [5.41, 5.74) is 0.216. The lowest BCUT2D eigenvalue weighted by Crippen LogP contribution is -2.53. The molecule has 2 fully saturated rings. The Labute approximate surface area is 149 Å². The lowest BCUT2D eigenvalue weighted by molar-refractivity contribution is -0.134. The monoisotopic (exact) mass is 349 g/mol. The van der Waals surface area contributed by atoms with E-state index >= 15 is 0 Å². The molecule has 2 aliphatic heterocycles. The molecule has 1 atom stereocenters. The summed E-state index contributed by atoms with van der Waals surface area (Å²) in [5.74, 6) is -0.0977. The van der Waals surface area contributed by atoms with Crippen LogP contribution < -0.4 is 4.90 Å². The van der Waals surface area contributed by atoms with Crippen LogP contribution in [0.2, 0.25) is 0 Å². The third-order valence-electron chi connectivity index (χ3n) is 5.34. The molecule has 2 aliphatic rings. The second-order valence-electron chi connectivity index (χ2n) is 7.63. The van der Waals surface area contributed by atoms with Gasteiger partial charge in [-0.25, -0.2) is 4.39 Å². The molecule has 25 heavy (non-hydrogen) atoms. The van der Waals surface area contributed by atoms with Crippen molar-refractivity contribution in [3.63, 3.8) is 0 Å². The number of nitrogens with zero attached hydrogens (tertiary/aromatic N) is 3. The highest BCUT2D eigenvalue weighted by Gasteiger charge is 2.37. The molecule has 3 rings (SSSR count). The lowest BCUT2D eigenvalue weighted by Gasteiger charge is -2.38. The zero-order chi connectivity index (χ0) is 18.0. The Kier molecular flexibility index (Phi) is 5.29. The van der Waals surface area contributed by atoms with Crippen molar-refractivity contribution in [2.45, 2.75) is 38.3 Å². The van der Waals surface area contributed by atoms with Gasteiger partial charge in [-0.2, -0.15) is 0 Å². The molecule has 0 saturated carbocycles. The maximum atomic E-state index is 13.0. The zero-order valence-corrected chi connectivity index (χ0v) is 15.1. The number of likely N-dealkylation sites (tertiary alicyclic amines) is 1. The highest BCUT2D eigenvalue weighted by Crippen LogP contribution is 2.26. The quantitative estimate of drug-likeness (QED) is 0.899. The highest BCUT2D eigenvalue weighted by molar-refractivity contribution is 5.78. The minimum atomic E-state index is -0.780. The van der Waals surface area contributed by atoms with Crippen LogP contribution in [0.1, 0.15) is 26.7 Å². The predicted molar refractivity (Wildman–Crippen MR) is 96.1 cm³/mol. The Morgan fingerprint density at radius 1 is 1.16 bits per heavy atom. The molecule has 1 aromatic carbocycles. The van der Waals surface area contributed by atoms with Crippen LogP contribution in [-0.4, -0.2) is 71.7 Å². The number of aliphatic hydroxyl groups is 1. The molecule has 1 amide bonds. The molecule has 5 nitrogen and oxygen atoms in total. The Balaban J connectivity index is 1.52. The molecular weight excluding hydrogens is 321 g/mol. The number of halogens is 1. The highest BCUT2D eigenvalue weighted by atomic mass is 19.1. The van der Waals surface area contributed by atoms with Crippen LogP contribution in [-0.2, 0) is 4.79 Å². The molecular formula is C19H28FN3O2.